The minimum absolute atomic E-state index is 0.0975. The number of carboxylic acids is 2. The lowest BCUT2D eigenvalue weighted by atomic mass is 9.84. The first-order chi connectivity index (χ1) is 6.98. The van der Waals surface area contributed by atoms with E-state index < -0.39 is 17.4 Å². The quantitative estimate of drug-likeness (QED) is 0.790. The van der Waals surface area contributed by atoms with E-state index in [0.717, 1.165) is 0 Å². The number of carbonyl (C=O) groups is 2. The zero-order chi connectivity index (χ0) is 11.2. The summed E-state index contributed by atoms with van der Waals surface area (Å²) in [5.74, 6) is -2.61. The lowest BCUT2D eigenvalue weighted by molar-refractivity contribution is -0.157. The number of aromatic nitrogens is 1. The zero-order valence-corrected chi connectivity index (χ0v) is 9.19. The molecule has 2 N–H and O–H groups in total. The van der Waals surface area contributed by atoms with Crippen LogP contribution in [-0.2, 0) is 21.5 Å². The summed E-state index contributed by atoms with van der Waals surface area (Å²) in [6, 6.07) is 1.55. The predicted molar refractivity (Wildman–Crippen MR) is 53.7 cm³/mol. The second-order valence-electron chi connectivity index (χ2n) is 3.50. The van der Waals surface area contributed by atoms with E-state index >= 15 is 0 Å². The minimum atomic E-state index is -1.79. The first kappa shape index (κ1) is 10.2. The average molecular weight is 274 g/mol. The molecule has 2 heterocycles. The Hall–Kier alpha value is -1.30. The van der Waals surface area contributed by atoms with Crippen molar-refractivity contribution >= 4 is 27.9 Å². The van der Waals surface area contributed by atoms with Gasteiger partial charge in [0.25, 0.3) is 0 Å². The van der Waals surface area contributed by atoms with E-state index in [1.165, 1.54) is 0 Å². The van der Waals surface area contributed by atoms with E-state index in [-0.39, 0.29) is 6.42 Å². The van der Waals surface area contributed by atoms with Crippen LogP contribution in [0.15, 0.2) is 16.7 Å². The fourth-order valence-electron chi connectivity index (χ4n) is 1.96. The Morgan fingerprint density at radius 2 is 2.00 bits per heavy atom. The molecule has 5 nitrogen and oxygen atoms in total. The Labute approximate surface area is 93.4 Å². The molecule has 1 aromatic heterocycles. The van der Waals surface area contributed by atoms with Crippen molar-refractivity contribution in [1.29, 1.82) is 0 Å². The van der Waals surface area contributed by atoms with Crippen LogP contribution in [-0.4, -0.2) is 26.7 Å². The number of nitrogens with zero attached hydrogens (tertiary/aromatic N) is 1. The number of hydrogen-bond acceptors (Lipinski definition) is 2. The van der Waals surface area contributed by atoms with Crippen LogP contribution in [0, 0.1) is 0 Å². The van der Waals surface area contributed by atoms with Gasteiger partial charge in [-0.1, -0.05) is 0 Å². The molecule has 0 bridgehead atoms. The van der Waals surface area contributed by atoms with Gasteiger partial charge in [0.2, 0.25) is 5.41 Å². The molecule has 0 saturated heterocycles. The van der Waals surface area contributed by atoms with Crippen LogP contribution in [0.25, 0.3) is 0 Å². The molecule has 1 aliphatic rings. The van der Waals surface area contributed by atoms with Gasteiger partial charge in [-0.2, -0.15) is 0 Å². The van der Waals surface area contributed by atoms with Crippen molar-refractivity contribution in [2.45, 2.75) is 18.4 Å². The maximum atomic E-state index is 11.1. The van der Waals surface area contributed by atoms with Crippen molar-refractivity contribution < 1.29 is 19.8 Å². The summed E-state index contributed by atoms with van der Waals surface area (Å²) in [7, 11) is 0. The monoisotopic (exact) mass is 273 g/mol. The second kappa shape index (κ2) is 3.10. The van der Waals surface area contributed by atoms with Crippen molar-refractivity contribution in [3.05, 3.63) is 22.4 Å². The van der Waals surface area contributed by atoms with Crippen LogP contribution in [0.1, 0.15) is 12.1 Å². The molecule has 2 rings (SSSR count). The molecule has 0 aromatic carbocycles. The number of carboxylic acid groups (broad SMARTS) is 2. The summed E-state index contributed by atoms with van der Waals surface area (Å²) in [6.07, 6.45) is 1.79. The van der Waals surface area contributed by atoms with Gasteiger partial charge < -0.3 is 14.8 Å². The van der Waals surface area contributed by atoms with Crippen LogP contribution in [0.5, 0.6) is 0 Å². The number of hydrogen-bond donors (Lipinski definition) is 2. The fourth-order valence-corrected chi connectivity index (χ4v) is 2.43. The van der Waals surface area contributed by atoms with Gasteiger partial charge in [-0.15, -0.1) is 0 Å². The molecule has 1 aliphatic heterocycles. The SMILES string of the molecule is O=C(O)C1(C(=O)O)CCn2cc(Br)cc21. The van der Waals surface area contributed by atoms with Crippen molar-refractivity contribution in [1.82, 2.24) is 4.57 Å². The maximum Gasteiger partial charge on any atom is 0.327 e. The van der Waals surface area contributed by atoms with Gasteiger partial charge in [0.15, 0.2) is 0 Å². The molecule has 0 atom stereocenters. The first-order valence-electron chi connectivity index (χ1n) is 4.31. The largest absolute Gasteiger partial charge is 0.480 e. The summed E-state index contributed by atoms with van der Waals surface area (Å²) < 4.78 is 2.36. The van der Waals surface area contributed by atoms with E-state index in [1.54, 1.807) is 16.8 Å². The van der Waals surface area contributed by atoms with Crippen LogP contribution in [0.3, 0.4) is 0 Å². The highest BCUT2D eigenvalue weighted by molar-refractivity contribution is 9.10. The summed E-state index contributed by atoms with van der Waals surface area (Å²) in [5.41, 5.74) is -1.46. The first-order valence-corrected chi connectivity index (χ1v) is 5.11. The Kier molecular flexibility index (Phi) is 2.11. The van der Waals surface area contributed by atoms with Gasteiger partial charge in [-0.25, -0.2) is 0 Å². The Morgan fingerprint density at radius 1 is 1.40 bits per heavy atom. The molecule has 0 saturated carbocycles. The molecule has 0 aliphatic carbocycles. The molecule has 6 heteroatoms. The van der Waals surface area contributed by atoms with E-state index in [0.29, 0.717) is 16.7 Å². The third-order valence-corrected chi connectivity index (χ3v) is 3.19. The van der Waals surface area contributed by atoms with E-state index in [2.05, 4.69) is 15.9 Å². The molecule has 15 heavy (non-hydrogen) atoms. The summed E-state index contributed by atoms with van der Waals surface area (Å²) in [6.45, 7) is 0.416. The van der Waals surface area contributed by atoms with Crippen molar-refractivity contribution in [3.63, 3.8) is 0 Å². The van der Waals surface area contributed by atoms with Gasteiger partial charge in [-0.05, 0) is 28.4 Å². The van der Waals surface area contributed by atoms with Crippen molar-refractivity contribution in [2.24, 2.45) is 0 Å². The summed E-state index contributed by atoms with van der Waals surface area (Å²) in [4.78, 5) is 22.3. The minimum Gasteiger partial charge on any atom is -0.480 e. The topological polar surface area (TPSA) is 79.5 Å². The summed E-state index contributed by atoms with van der Waals surface area (Å²) >= 11 is 3.20. The maximum absolute atomic E-state index is 11.1. The van der Waals surface area contributed by atoms with Gasteiger partial charge >= 0.3 is 11.9 Å². The van der Waals surface area contributed by atoms with Crippen LogP contribution < -0.4 is 0 Å². The number of aliphatic carboxylic acids is 2. The normalized spacial score (nSPS) is 17.4. The molecular formula is C9H8BrNO4. The standard InChI is InChI=1S/C9H8BrNO4/c10-5-3-6-9(7(12)13,8(14)15)1-2-11(6)4-5/h3-4H,1-2H2,(H,12,13)(H,14,15). The Morgan fingerprint density at radius 3 is 2.53 bits per heavy atom. The number of fused-ring (bicyclic) bond motifs is 1. The lowest BCUT2D eigenvalue weighted by Crippen LogP contribution is -2.41. The highest BCUT2D eigenvalue weighted by Gasteiger charge is 2.53. The molecule has 0 fully saturated rings. The van der Waals surface area contributed by atoms with Crippen LogP contribution in [0.4, 0.5) is 0 Å². The van der Waals surface area contributed by atoms with Crippen molar-refractivity contribution in [3.8, 4) is 0 Å². The van der Waals surface area contributed by atoms with Crippen LogP contribution in [0.2, 0.25) is 0 Å². The van der Waals surface area contributed by atoms with Gasteiger partial charge in [0, 0.05) is 22.9 Å². The number of halogens is 1. The Bertz CT molecular complexity index is 437. The molecule has 1 aromatic rings. The molecule has 0 unspecified atom stereocenters. The smallest absolute Gasteiger partial charge is 0.327 e. The second-order valence-corrected chi connectivity index (χ2v) is 4.42. The highest BCUT2D eigenvalue weighted by atomic mass is 79.9. The molecular weight excluding hydrogens is 266 g/mol. The van der Waals surface area contributed by atoms with E-state index in [9.17, 15) is 9.59 Å². The Balaban J connectivity index is 2.63. The molecule has 80 valence electrons. The lowest BCUT2D eigenvalue weighted by Gasteiger charge is -2.17. The average Bonchev–Trinajstić information content (AvgIpc) is 2.60. The zero-order valence-electron chi connectivity index (χ0n) is 7.61. The highest BCUT2D eigenvalue weighted by Crippen LogP contribution is 2.38. The fraction of sp³-hybridized carbons (Fsp3) is 0.333. The van der Waals surface area contributed by atoms with E-state index in [4.69, 9.17) is 10.2 Å². The number of aryl methyl sites for hydroxylation is 1. The van der Waals surface area contributed by atoms with Gasteiger partial charge in [0.1, 0.15) is 0 Å². The van der Waals surface area contributed by atoms with Gasteiger partial charge in [-0.3, -0.25) is 9.59 Å². The van der Waals surface area contributed by atoms with Crippen molar-refractivity contribution in [2.75, 3.05) is 0 Å². The molecule has 0 spiro atoms. The molecule has 0 amide bonds. The predicted octanol–water partition coefficient (Wildman–Crippen LogP) is 1.06. The third-order valence-electron chi connectivity index (χ3n) is 2.76. The summed E-state index contributed by atoms with van der Waals surface area (Å²) in [5, 5.41) is 18.2. The van der Waals surface area contributed by atoms with Crippen LogP contribution >= 0.6 is 15.9 Å². The third kappa shape index (κ3) is 1.21. The number of rotatable bonds is 2. The van der Waals surface area contributed by atoms with E-state index in [1.807, 2.05) is 0 Å². The molecule has 0 radical (unpaired) electrons. The van der Waals surface area contributed by atoms with Gasteiger partial charge in [0.05, 0.1) is 0 Å².